The summed E-state index contributed by atoms with van der Waals surface area (Å²) in [5.41, 5.74) is 1.41. The first-order chi connectivity index (χ1) is 10.1. The zero-order chi connectivity index (χ0) is 15.7. The van der Waals surface area contributed by atoms with E-state index >= 15 is 0 Å². The molecule has 6 heteroatoms. The van der Waals surface area contributed by atoms with E-state index in [1.54, 1.807) is 11.9 Å². The Hall–Kier alpha value is -1.40. The predicted molar refractivity (Wildman–Crippen MR) is 82.2 cm³/mol. The van der Waals surface area contributed by atoms with E-state index < -0.39 is 18.3 Å². The van der Waals surface area contributed by atoms with Gasteiger partial charge in [-0.05, 0) is 62.0 Å². The van der Waals surface area contributed by atoms with Crippen molar-refractivity contribution < 1.29 is 13.2 Å². The number of allylic oxidation sites excluding steroid dienone is 5. The molecule has 1 aliphatic carbocycles. The quantitative estimate of drug-likeness (QED) is 0.573. The number of rotatable bonds is 6. The first-order valence-corrected chi connectivity index (χ1v) is 7.34. The molecule has 0 aromatic carbocycles. The number of alkyl halides is 1. The second-order valence-corrected chi connectivity index (χ2v) is 5.46. The Morgan fingerprint density at radius 1 is 1.48 bits per heavy atom. The Bertz CT molecular complexity index is 505. The number of halogens is 3. The molecule has 0 bridgehead atoms. The molecule has 0 spiro atoms. The van der Waals surface area contributed by atoms with Crippen molar-refractivity contribution in [1.82, 2.24) is 9.71 Å². The molecule has 0 saturated heterocycles. The molecule has 1 fully saturated rings. The number of H-pyrrole nitrogens is 1. The highest BCUT2D eigenvalue weighted by molar-refractivity contribution is 7.97. The van der Waals surface area contributed by atoms with Crippen LogP contribution in [0.25, 0.3) is 0 Å². The van der Waals surface area contributed by atoms with Gasteiger partial charge in [-0.25, -0.2) is 13.2 Å². The zero-order valence-corrected chi connectivity index (χ0v) is 12.7. The second-order valence-electron chi connectivity index (χ2n) is 4.37. The normalized spacial score (nSPS) is 15.4. The first-order valence-electron chi connectivity index (χ1n) is 6.52. The topological polar surface area (TPSA) is 27.8 Å². The van der Waals surface area contributed by atoms with Crippen LogP contribution in [0.2, 0.25) is 0 Å². The van der Waals surface area contributed by atoms with Gasteiger partial charge in [-0.15, -0.1) is 0 Å². The molecule has 0 aliphatic heterocycles. The Kier molecular flexibility index (Phi) is 8.00. The fourth-order valence-corrected chi connectivity index (χ4v) is 2.02. The minimum atomic E-state index is -1.21. The van der Waals surface area contributed by atoms with Crippen LogP contribution in [-0.4, -0.2) is 18.7 Å². The smallest absolute Gasteiger partial charge is 0.141 e. The van der Waals surface area contributed by atoms with Crippen LogP contribution in [0, 0.1) is 0 Å². The molecule has 0 atom stereocenters. The van der Waals surface area contributed by atoms with Crippen LogP contribution in [0.4, 0.5) is 13.2 Å². The lowest BCUT2D eigenvalue weighted by Gasteiger charge is -1.90. The van der Waals surface area contributed by atoms with Gasteiger partial charge in [0.2, 0.25) is 0 Å². The molecule has 2 N–H and O–H groups in total. The lowest BCUT2D eigenvalue weighted by atomic mass is 10.3. The molecule has 1 aliphatic rings. The summed E-state index contributed by atoms with van der Waals surface area (Å²) < 4.78 is 38.3. The maximum atomic E-state index is 12.0. The number of hydrogen-bond donors (Lipinski definition) is 2. The molecule has 1 heterocycles. The van der Waals surface area contributed by atoms with Gasteiger partial charge in [-0.1, -0.05) is 6.58 Å². The summed E-state index contributed by atoms with van der Waals surface area (Å²) in [6.45, 7) is 1.87. The van der Waals surface area contributed by atoms with Crippen molar-refractivity contribution in [1.29, 1.82) is 0 Å². The van der Waals surface area contributed by atoms with Gasteiger partial charge in [-0.2, -0.15) is 0 Å². The van der Waals surface area contributed by atoms with Gasteiger partial charge in [0.1, 0.15) is 18.3 Å². The van der Waals surface area contributed by atoms with Gasteiger partial charge in [-0.3, -0.25) is 4.72 Å². The molecular formula is C15H19F3N2S. The predicted octanol–water partition coefficient (Wildman–Crippen LogP) is 4.97. The van der Waals surface area contributed by atoms with Crippen LogP contribution < -0.4 is 4.72 Å². The number of aromatic amines is 1. The third-order valence-corrected chi connectivity index (χ3v) is 3.34. The molecule has 1 aromatic heterocycles. The maximum absolute atomic E-state index is 12.0. The molecule has 1 aromatic rings. The van der Waals surface area contributed by atoms with Crippen LogP contribution in [0.5, 0.6) is 0 Å². The van der Waals surface area contributed by atoms with Crippen LogP contribution in [0.1, 0.15) is 24.5 Å². The summed E-state index contributed by atoms with van der Waals surface area (Å²) in [5, 5.41) is 0. The third kappa shape index (κ3) is 7.24. The van der Waals surface area contributed by atoms with E-state index in [0.29, 0.717) is 0 Å². The van der Waals surface area contributed by atoms with Gasteiger partial charge < -0.3 is 4.98 Å². The van der Waals surface area contributed by atoms with Crippen molar-refractivity contribution in [3.8, 4) is 0 Å². The summed E-state index contributed by atoms with van der Waals surface area (Å²) >= 11 is 1.66. The molecular weight excluding hydrogens is 297 g/mol. The zero-order valence-electron chi connectivity index (χ0n) is 11.8. The largest absolute Gasteiger partial charge is 0.364 e. The molecule has 0 unspecified atom stereocenters. The molecule has 2 rings (SSSR count). The van der Waals surface area contributed by atoms with Gasteiger partial charge in [0.15, 0.2) is 0 Å². The van der Waals surface area contributed by atoms with Crippen LogP contribution >= 0.6 is 11.9 Å². The molecule has 116 valence electrons. The van der Waals surface area contributed by atoms with Crippen molar-refractivity contribution in [3.63, 3.8) is 0 Å². The fraction of sp³-hybridized carbons (Fsp3) is 0.333. The second kappa shape index (κ2) is 9.52. The summed E-state index contributed by atoms with van der Waals surface area (Å²) in [5.74, 6) is -0.859. The minimum absolute atomic E-state index is 0.691. The number of hydrogen-bond acceptors (Lipinski definition) is 2. The van der Waals surface area contributed by atoms with Gasteiger partial charge in [0, 0.05) is 16.8 Å². The highest BCUT2D eigenvalue weighted by Crippen LogP contribution is 2.40. The first kappa shape index (κ1) is 17.7. The lowest BCUT2D eigenvalue weighted by molar-refractivity contribution is 0.459. The van der Waals surface area contributed by atoms with Gasteiger partial charge in [0.25, 0.3) is 0 Å². The van der Waals surface area contributed by atoms with E-state index in [4.69, 9.17) is 0 Å². The Balaban J connectivity index is 0.000000212. The van der Waals surface area contributed by atoms with E-state index in [-0.39, 0.29) is 0 Å². The van der Waals surface area contributed by atoms with Crippen LogP contribution in [-0.2, 0) is 0 Å². The van der Waals surface area contributed by atoms with Crippen molar-refractivity contribution >= 4 is 11.9 Å². The fourth-order valence-electron chi connectivity index (χ4n) is 1.48. The average Bonchev–Trinajstić information content (AvgIpc) is 3.25. The van der Waals surface area contributed by atoms with E-state index in [2.05, 4.69) is 28.5 Å². The minimum Gasteiger partial charge on any atom is -0.364 e. The van der Waals surface area contributed by atoms with E-state index in [9.17, 15) is 13.2 Å². The Labute approximate surface area is 127 Å². The monoisotopic (exact) mass is 316 g/mol. The van der Waals surface area contributed by atoms with Crippen molar-refractivity contribution in [2.45, 2.75) is 23.7 Å². The molecule has 21 heavy (non-hydrogen) atoms. The van der Waals surface area contributed by atoms with Crippen LogP contribution in [0.15, 0.2) is 53.6 Å². The highest BCUT2D eigenvalue weighted by Gasteiger charge is 2.24. The Morgan fingerprint density at radius 3 is 2.71 bits per heavy atom. The van der Waals surface area contributed by atoms with Gasteiger partial charge in [0.05, 0.1) is 0 Å². The van der Waals surface area contributed by atoms with Crippen LogP contribution in [0.3, 0.4) is 0 Å². The van der Waals surface area contributed by atoms with Crippen molar-refractivity contribution in [2.24, 2.45) is 0 Å². The van der Waals surface area contributed by atoms with E-state index in [1.165, 1.54) is 23.4 Å². The molecule has 0 amide bonds. The third-order valence-electron chi connectivity index (χ3n) is 2.66. The summed E-state index contributed by atoms with van der Waals surface area (Å²) in [4.78, 5) is 4.58. The molecule has 0 radical (unpaired) electrons. The van der Waals surface area contributed by atoms with E-state index in [0.717, 1.165) is 24.1 Å². The highest BCUT2D eigenvalue weighted by atomic mass is 32.2. The maximum Gasteiger partial charge on any atom is 0.141 e. The molecule has 1 saturated carbocycles. The summed E-state index contributed by atoms with van der Waals surface area (Å²) in [6.07, 6.45) is 7.23. The SMILES string of the molecule is C=C/C(F)=C\C=C(\F)CF.CNSc1c[nH]c(C2CC2)c1. The van der Waals surface area contributed by atoms with Crippen molar-refractivity contribution in [2.75, 3.05) is 13.7 Å². The van der Waals surface area contributed by atoms with Crippen molar-refractivity contribution in [3.05, 3.63) is 54.4 Å². The lowest BCUT2D eigenvalue weighted by Crippen LogP contribution is -1.88. The average molecular weight is 316 g/mol. The standard InChI is InChI=1S/C8H12N2S.C7H7F3/c1-9-11-7-4-8(10-5-7)6-2-3-6;1-2-6(9)3-4-7(10)5-8/h4-6,9-10H,2-3H2,1H3;2-4H,1,5H2/b;6-3+,7-4+. The van der Waals surface area contributed by atoms with E-state index in [1.807, 2.05) is 7.05 Å². The summed E-state index contributed by atoms with van der Waals surface area (Å²) in [6, 6.07) is 2.23. The molecule has 2 nitrogen and oxygen atoms in total. The van der Waals surface area contributed by atoms with Gasteiger partial charge >= 0.3 is 0 Å². The Morgan fingerprint density at radius 2 is 2.19 bits per heavy atom. The number of nitrogens with one attached hydrogen (secondary N) is 2. The summed E-state index contributed by atoms with van der Waals surface area (Å²) in [7, 11) is 1.94. The number of aromatic nitrogens is 1.